The van der Waals surface area contributed by atoms with Crippen molar-refractivity contribution in [2.24, 2.45) is 0 Å². The predicted octanol–water partition coefficient (Wildman–Crippen LogP) is 1.33. The first-order chi connectivity index (χ1) is 22.1. The van der Waals surface area contributed by atoms with Crippen molar-refractivity contribution in [3.05, 3.63) is 59.7 Å². The van der Waals surface area contributed by atoms with Gasteiger partial charge in [-0.15, -0.1) is 0 Å². The largest absolute Gasteiger partial charge is 0.392 e. The van der Waals surface area contributed by atoms with Gasteiger partial charge in [0.1, 0.15) is 12.3 Å². The van der Waals surface area contributed by atoms with Crippen LogP contribution in [0.1, 0.15) is 24.0 Å². The van der Waals surface area contributed by atoms with Crippen molar-refractivity contribution in [1.29, 1.82) is 0 Å². The summed E-state index contributed by atoms with van der Waals surface area (Å²) in [6, 6.07) is 15.8. The number of aliphatic hydroxyl groups excluding tert-OH is 2. The third-order valence-corrected chi connectivity index (χ3v) is 19.3. The van der Waals surface area contributed by atoms with E-state index in [2.05, 4.69) is 10.6 Å². The Balaban J connectivity index is 1.29. The average Bonchev–Trinajstić information content (AvgIpc) is 3.75. The highest BCUT2D eigenvalue weighted by Crippen LogP contribution is 2.78. The van der Waals surface area contributed by atoms with E-state index >= 15 is 0 Å². The lowest BCUT2D eigenvalue weighted by Gasteiger charge is -2.57. The van der Waals surface area contributed by atoms with Crippen molar-refractivity contribution >= 4 is 78.2 Å². The zero-order valence-electron chi connectivity index (χ0n) is 24.6. The molecule has 46 heavy (non-hydrogen) atoms. The molecule has 0 radical (unpaired) electrons. The predicted molar refractivity (Wildman–Crippen MR) is 175 cm³/mol. The van der Waals surface area contributed by atoms with E-state index in [1.807, 2.05) is 48.5 Å². The molecular formula is C30H28N6O6S4. The molecule has 2 spiro atoms. The number of para-hydroxylation sites is 2. The fourth-order valence-electron chi connectivity index (χ4n) is 9.92. The Morgan fingerprint density at radius 1 is 0.652 bits per heavy atom. The summed E-state index contributed by atoms with van der Waals surface area (Å²) in [7, 11) is 8.28. The van der Waals surface area contributed by atoms with Gasteiger partial charge < -0.3 is 30.6 Å². The summed E-state index contributed by atoms with van der Waals surface area (Å²) < 4.78 is 0. The molecule has 8 fully saturated rings. The van der Waals surface area contributed by atoms with Gasteiger partial charge in [0, 0.05) is 38.3 Å². The van der Waals surface area contributed by atoms with Crippen LogP contribution in [0.3, 0.4) is 0 Å². The number of anilines is 2. The molecule has 8 atom stereocenters. The molecule has 0 aliphatic carbocycles. The summed E-state index contributed by atoms with van der Waals surface area (Å²) in [6.45, 7) is -1.07. The molecule has 10 aliphatic rings. The highest BCUT2D eigenvalue weighted by molar-refractivity contribution is 8.78. The Hall–Kier alpha value is -2.76. The number of benzene rings is 2. The molecule has 8 saturated heterocycles. The first-order valence-electron chi connectivity index (χ1n) is 15.0. The van der Waals surface area contributed by atoms with Crippen molar-refractivity contribution in [3.63, 3.8) is 0 Å². The Bertz CT molecular complexity index is 1740. The molecule has 10 heterocycles. The lowest BCUT2D eigenvalue weighted by Crippen LogP contribution is -2.77. The average molecular weight is 697 g/mol. The van der Waals surface area contributed by atoms with Crippen molar-refractivity contribution in [3.8, 4) is 0 Å². The van der Waals surface area contributed by atoms with Crippen LogP contribution in [0.15, 0.2) is 48.5 Å². The second kappa shape index (κ2) is 8.26. The van der Waals surface area contributed by atoms with Gasteiger partial charge in [-0.1, -0.05) is 58.0 Å². The third kappa shape index (κ3) is 2.48. The Kier molecular flexibility index (Phi) is 5.08. The molecule has 2 aromatic rings. The molecule has 238 valence electrons. The monoisotopic (exact) mass is 696 g/mol. The Labute approximate surface area is 279 Å². The quantitative estimate of drug-likeness (QED) is 0.344. The maximum atomic E-state index is 14.7. The molecule has 16 heteroatoms. The highest BCUT2D eigenvalue weighted by atomic mass is 33.1. The van der Waals surface area contributed by atoms with Crippen LogP contribution < -0.4 is 10.6 Å². The summed E-state index contributed by atoms with van der Waals surface area (Å²) >= 11 is 0. The maximum absolute atomic E-state index is 14.7. The zero-order chi connectivity index (χ0) is 31.8. The molecule has 2 aromatic carbocycles. The first kappa shape index (κ1) is 28.3. The number of rotatable bonds is 3. The van der Waals surface area contributed by atoms with Crippen LogP contribution in [0.5, 0.6) is 0 Å². The molecule has 0 aromatic heterocycles. The number of nitrogens with one attached hydrogen (secondary N) is 2. The van der Waals surface area contributed by atoms with E-state index in [1.165, 1.54) is 53.0 Å². The zero-order valence-corrected chi connectivity index (χ0v) is 27.8. The van der Waals surface area contributed by atoms with Gasteiger partial charge >= 0.3 is 0 Å². The van der Waals surface area contributed by atoms with Crippen LogP contribution in [-0.4, -0.2) is 113 Å². The molecule has 0 unspecified atom stereocenters. The molecule has 4 bridgehead atoms. The number of nitrogens with zero attached hydrogens (tertiary/aromatic N) is 4. The van der Waals surface area contributed by atoms with Gasteiger partial charge in [0.2, 0.25) is 9.74 Å². The topological polar surface area (TPSA) is 146 Å². The molecule has 10 aliphatic heterocycles. The molecule has 12 nitrogen and oxygen atoms in total. The number of hydrogen-bond donors (Lipinski definition) is 4. The SMILES string of the molecule is CN1C(=O)[C@]23C[C@]4([C@]56C[C@@]78SS[C@](CO)(C(=O)N7[C@H]5Nc5ccccc56)N(C)C8=O)c5ccccc5N[C@H]4N2C(=O)[C@]1(CO)SS3. The minimum absolute atomic E-state index is 0.223. The van der Waals surface area contributed by atoms with E-state index in [0.717, 1.165) is 22.5 Å². The second-order valence-electron chi connectivity index (χ2n) is 13.3. The van der Waals surface area contributed by atoms with Gasteiger partial charge in [0.15, 0.2) is 9.74 Å². The van der Waals surface area contributed by atoms with E-state index in [-0.39, 0.29) is 36.5 Å². The molecule has 4 N–H and O–H groups in total. The van der Waals surface area contributed by atoms with Gasteiger partial charge in [0.25, 0.3) is 23.6 Å². The number of piperazine rings is 2. The maximum Gasteiger partial charge on any atom is 0.265 e. The van der Waals surface area contributed by atoms with E-state index in [1.54, 1.807) is 23.9 Å². The standard InChI is InChI=1S/C30H28N6O6S4/c1-33-21(39)27-11-25(15-7-3-5-9-17(15)31-19(25)35(27)23(41)29(33,13-37)45-43-27)26-12-28-22(40)34(2)30(14-38,46-44-28)24(42)36(28)20(26)32-18-10-6-4-8-16(18)26/h3-10,19-20,31-32,37-38H,11-14H2,1-2H3/t19-,20+,25-,26-,27+,28-,29-,30+/m0/s1. The van der Waals surface area contributed by atoms with Gasteiger partial charge in [-0.3, -0.25) is 29.0 Å². The summed E-state index contributed by atoms with van der Waals surface area (Å²) in [4.78, 5) is 59.0. The molecule has 12 rings (SSSR count). The number of fused-ring (bicyclic) bond motifs is 11. The van der Waals surface area contributed by atoms with Gasteiger partial charge in [-0.2, -0.15) is 0 Å². The lowest BCUT2D eigenvalue weighted by atomic mass is 9.54. The summed E-state index contributed by atoms with van der Waals surface area (Å²) in [5.74, 6) is -1.19. The third-order valence-electron chi connectivity index (χ3n) is 12.0. The fourth-order valence-corrected chi connectivity index (χ4v) is 17.2. The van der Waals surface area contributed by atoms with Crippen LogP contribution in [-0.2, 0) is 30.0 Å². The number of hydrogen-bond acceptors (Lipinski definition) is 12. The van der Waals surface area contributed by atoms with Crippen molar-refractivity contribution in [2.75, 3.05) is 37.9 Å². The normalized spacial score (nSPS) is 43.7. The van der Waals surface area contributed by atoms with Crippen molar-refractivity contribution in [2.45, 2.75) is 55.5 Å². The molecule has 4 amide bonds. The number of carbonyl (C=O) groups excluding carboxylic acids is 4. The smallest absolute Gasteiger partial charge is 0.265 e. The van der Waals surface area contributed by atoms with Crippen LogP contribution in [0.2, 0.25) is 0 Å². The van der Waals surface area contributed by atoms with Crippen molar-refractivity contribution < 1.29 is 29.4 Å². The molecular weight excluding hydrogens is 669 g/mol. The number of carbonyl (C=O) groups is 4. The van der Waals surface area contributed by atoms with E-state index in [4.69, 9.17) is 0 Å². The fraction of sp³-hybridized carbons (Fsp3) is 0.467. The number of likely N-dealkylation sites (N-methyl/N-ethyl adjacent to an activating group) is 2. The number of aliphatic hydroxyl groups is 2. The summed E-state index contributed by atoms with van der Waals surface area (Å²) in [5.41, 5.74) is 1.45. The minimum atomic E-state index is -1.47. The van der Waals surface area contributed by atoms with Gasteiger partial charge in [-0.05, 0) is 44.8 Å². The van der Waals surface area contributed by atoms with Gasteiger partial charge in [-0.25, -0.2) is 0 Å². The van der Waals surface area contributed by atoms with Crippen LogP contribution in [0, 0.1) is 0 Å². The summed E-state index contributed by atoms with van der Waals surface area (Å²) in [5, 5.41) is 28.6. The minimum Gasteiger partial charge on any atom is -0.392 e. The Morgan fingerprint density at radius 3 is 1.43 bits per heavy atom. The number of amides is 4. The summed E-state index contributed by atoms with van der Waals surface area (Å²) in [6.07, 6.45) is -1.01. The Morgan fingerprint density at radius 2 is 1.04 bits per heavy atom. The van der Waals surface area contributed by atoms with E-state index in [0.29, 0.717) is 0 Å². The van der Waals surface area contributed by atoms with Crippen LogP contribution in [0.4, 0.5) is 11.4 Å². The van der Waals surface area contributed by atoms with Crippen molar-refractivity contribution in [1.82, 2.24) is 19.6 Å². The second-order valence-corrected chi connectivity index (χ2v) is 18.7. The van der Waals surface area contributed by atoms with E-state index in [9.17, 15) is 29.4 Å². The van der Waals surface area contributed by atoms with Crippen LogP contribution in [0.25, 0.3) is 0 Å². The van der Waals surface area contributed by atoms with E-state index < -0.39 is 55.9 Å². The van der Waals surface area contributed by atoms with Gasteiger partial charge in [0.05, 0.1) is 24.0 Å². The highest BCUT2D eigenvalue weighted by Gasteiger charge is 2.87. The lowest BCUT2D eigenvalue weighted by molar-refractivity contribution is -0.166. The first-order valence-corrected chi connectivity index (χ1v) is 19.3. The molecule has 0 saturated carbocycles. The van der Waals surface area contributed by atoms with Crippen LogP contribution >= 0.6 is 43.2 Å².